The van der Waals surface area contributed by atoms with Crippen molar-refractivity contribution < 1.29 is 19.4 Å². The van der Waals surface area contributed by atoms with Crippen molar-refractivity contribution in [2.45, 2.75) is 19.5 Å². The summed E-state index contributed by atoms with van der Waals surface area (Å²) in [6.45, 7) is 4.69. The minimum atomic E-state index is -0.950. The minimum Gasteiger partial charge on any atom is -0.478 e. The maximum atomic E-state index is 12.2. The molecule has 2 N–H and O–H groups in total. The van der Waals surface area contributed by atoms with E-state index in [0.29, 0.717) is 32.8 Å². The van der Waals surface area contributed by atoms with Crippen LogP contribution in [0.4, 0.5) is 0 Å². The second-order valence-electron chi connectivity index (χ2n) is 5.05. The first-order valence-corrected chi connectivity index (χ1v) is 7.00. The van der Waals surface area contributed by atoms with Crippen LogP contribution in [0.15, 0.2) is 24.3 Å². The molecule has 0 spiro atoms. The largest absolute Gasteiger partial charge is 0.478 e. The molecular formula is C15H20N2O4. The summed E-state index contributed by atoms with van der Waals surface area (Å²) in [5.74, 6) is -0.901. The van der Waals surface area contributed by atoms with E-state index in [1.807, 2.05) is 13.0 Å². The molecule has 2 rings (SSSR count). The summed E-state index contributed by atoms with van der Waals surface area (Å²) in [4.78, 5) is 24.9. The Bertz CT molecular complexity index is 512. The van der Waals surface area contributed by atoms with Crippen LogP contribution < -0.4 is 5.32 Å². The van der Waals surface area contributed by atoms with E-state index in [1.165, 1.54) is 0 Å². The van der Waals surface area contributed by atoms with Gasteiger partial charge in [0.25, 0.3) is 0 Å². The van der Waals surface area contributed by atoms with Gasteiger partial charge in [-0.25, -0.2) is 4.79 Å². The SMILES string of the molecule is CC(NCc1cccc(C(=O)O)c1)C(=O)N1CCOCC1. The lowest BCUT2D eigenvalue weighted by Gasteiger charge is -2.29. The first kappa shape index (κ1) is 15.5. The zero-order valence-corrected chi connectivity index (χ0v) is 12.0. The topological polar surface area (TPSA) is 78.9 Å². The highest BCUT2D eigenvalue weighted by molar-refractivity contribution is 5.87. The Kier molecular flexibility index (Phi) is 5.30. The Labute approximate surface area is 123 Å². The Morgan fingerprint density at radius 1 is 1.38 bits per heavy atom. The molecule has 1 aromatic rings. The molecule has 1 atom stereocenters. The fourth-order valence-electron chi connectivity index (χ4n) is 2.23. The van der Waals surface area contributed by atoms with Gasteiger partial charge >= 0.3 is 5.97 Å². The fraction of sp³-hybridized carbons (Fsp3) is 0.467. The van der Waals surface area contributed by atoms with Gasteiger partial charge in [0.15, 0.2) is 0 Å². The highest BCUT2D eigenvalue weighted by Gasteiger charge is 2.21. The van der Waals surface area contributed by atoms with Gasteiger partial charge in [-0.3, -0.25) is 4.79 Å². The van der Waals surface area contributed by atoms with E-state index in [4.69, 9.17) is 9.84 Å². The van der Waals surface area contributed by atoms with E-state index in [0.717, 1.165) is 5.56 Å². The maximum Gasteiger partial charge on any atom is 0.335 e. The maximum absolute atomic E-state index is 12.2. The second-order valence-corrected chi connectivity index (χ2v) is 5.05. The average molecular weight is 292 g/mol. The third-order valence-corrected chi connectivity index (χ3v) is 3.48. The van der Waals surface area contributed by atoms with Gasteiger partial charge in [0.1, 0.15) is 0 Å². The summed E-state index contributed by atoms with van der Waals surface area (Å²) < 4.78 is 5.22. The summed E-state index contributed by atoms with van der Waals surface area (Å²) in [5, 5.41) is 12.1. The molecule has 6 nitrogen and oxygen atoms in total. The molecular weight excluding hydrogens is 272 g/mol. The van der Waals surface area contributed by atoms with Crippen molar-refractivity contribution in [2.24, 2.45) is 0 Å². The van der Waals surface area contributed by atoms with Crippen molar-refractivity contribution >= 4 is 11.9 Å². The molecule has 114 valence electrons. The molecule has 0 aliphatic carbocycles. The van der Waals surface area contributed by atoms with Crippen LogP contribution in [0.5, 0.6) is 0 Å². The van der Waals surface area contributed by atoms with Crippen LogP contribution in [-0.4, -0.2) is 54.2 Å². The van der Waals surface area contributed by atoms with Crippen LogP contribution in [-0.2, 0) is 16.1 Å². The number of carbonyl (C=O) groups excluding carboxylic acids is 1. The number of nitrogens with one attached hydrogen (secondary N) is 1. The van der Waals surface area contributed by atoms with E-state index in [9.17, 15) is 9.59 Å². The van der Waals surface area contributed by atoms with Crippen molar-refractivity contribution in [1.29, 1.82) is 0 Å². The number of carboxylic acid groups (broad SMARTS) is 1. The number of nitrogens with zero attached hydrogens (tertiary/aromatic N) is 1. The van der Waals surface area contributed by atoms with Crippen molar-refractivity contribution in [3.8, 4) is 0 Å². The molecule has 1 aromatic carbocycles. The average Bonchev–Trinajstić information content (AvgIpc) is 2.53. The lowest BCUT2D eigenvalue weighted by molar-refractivity contribution is -0.137. The second kappa shape index (κ2) is 7.19. The lowest BCUT2D eigenvalue weighted by atomic mass is 10.1. The molecule has 1 aliphatic heterocycles. The number of morpholine rings is 1. The van der Waals surface area contributed by atoms with Crippen LogP contribution in [0.25, 0.3) is 0 Å². The predicted molar refractivity (Wildman–Crippen MR) is 77.1 cm³/mol. The molecule has 0 saturated carbocycles. The van der Waals surface area contributed by atoms with E-state index in [-0.39, 0.29) is 17.5 Å². The Hall–Kier alpha value is -1.92. The van der Waals surface area contributed by atoms with Gasteiger partial charge in [-0.05, 0) is 24.6 Å². The molecule has 0 bridgehead atoms. The number of carbonyl (C=O) groups is 2. The molecule has 1 amide bonds. The summed E-state index contributed by atoms with van der Waals surface area (Å²) in [5.41, 5.74) is 1.10. The van der Waals surface area contributed by atoms with Gasteiger partial charge in [0.2, 0.25) is 5.91 Å². The number of rotatable bonds is 5. The first-order chi connectivity index (χ1) is 10.1. The zero-order chi connectivity index (χ0) is 15.2. The normalized spacial score (nSPS) is 16.5. The third kappa shape index (κ3) is 4.27. The van der Waals surface area contributed by atoms with Crippen LogP contribution in [0.3, 0.4) is 0 Å². The number of hydrogen-bond donors (Lipinski definition) is 2. The molecule has 0 aromatic heterocycles. The minimum absolute atomic E-state index is 0.0488. The Balaban J connectivity index is 1.88. The van der Waals surface area contributed by atoms with Gasteiger partial charge < -0.3 is 20.1 Å². The van der Waals surface area contributed by atoms with Gasteiger partial charge in [0.05, 0.1) is 24.8 Å². The van der Waals surface area contributed by atoms with Crippen LogP contribution in [0.2, 0.25) is 0 Å². The monoisotopic (exact) mass is 292 g/mol. The fourth-order valence-corrected chi connectivity index (χ4v) is 2.23. The van der Waals surface area contributed by atoms with E-state index in [2.05, 4.69) is 5.32 Å². The number of ether oxygens (including phenoxy) is 1. The van der Waals surface area contributed by atoms with Crippen molar-refractivity contribution in [3.63, 3.8) is 0 Å². The van der Waals surface area contributed by atoms with E-state index >= 15 is 0 Å². The summed E-state index contributed by atoms with van der Waals surface area (Å²) in [6, 6.07) is 6.40. The van der Waals surface area contributed by atoms with Crippen LogP contribution in [0, 0.1) is 0 Å². The van der Waals surface area contributed by atoms with Crippen LogP contribution >= 0.6 is 0 Å². The van der Waals surface area contributed by atoms with Gasteiger partial charge in [-0.2, -0.15) is 0 Å². The van der Waals surface area contributed by atoms with Crippen molar-refractivity contribution in [2.75, 3.05) is 26.3 Å². The highest BCUT2D eigenvalue weighted by atomic mass is 16.5. The predicted octanol–water partition coefficient (Wildman–Crippen LogP) is 0.722. The molecule has 6 heteroatoms. The molecule has 1 heterocycles. The van der Waals surface area contributed by atoms with Crippen molar-refractivity contribution in [1.82, 2.24) is 10.2 Å². The van der Waals surface area contributed by atoms with Gasteiger partial charge in [-0.1, -0.05) is 12.1 Å². The van der Waals surface area contributed by atoms with Gasteiger partial charge in [-0.15, -0.1) is 0 Å². The smallest absolute Gasteiger partial charge is 0.335 e. The molecule has 0 radical (unpaired) electrons. The number of aromatic carboxylic acids is 1. The Morgan fingerprint density at radius 3 is 2.76 bits per heavy atom. The zero-order valence-electron chi connectivity index (χ0n) is 12.0. The number of benzene rings is 1. The quantitative estimate of drug-likeness (QED) is 0.836. The highest BCUT2D eigenvalue weighted by Crippen LogP contribution is 2.06. The number of hydrogen-bond acceptors (Lipinski definition) is 4. The number of carboxylic acids is 1. The summed E-state index contributed by atoms with van der Waals surface area (Å²) >= 11 is 0. The van der Waals surface area contributed by atoms with E-state index in [1.54, 1.807) is 23.1 Å². The number of amides is 1. The third-order valence-electron chi connectivity index (χ3n) is 3.48. The lowest BCUT2D eigenvalue weighted by Crippen LogP contribution is -2.49. The standard InChI is InChI=1S/C15H20N2O4/c1-11(14(18)17-5-7-21-8-6-17)16-10-12-3-2-4-13(9-12)15(19)20/h2-4,9,11,16H,5-8,10H2,1H3,(H,19,20). The summed E-state index contributed by atoms with van der Waals surface area (Å²) in [7, 11) is 0. The molecule has 1 fully saturated rings. The molecule has 1 aliphatic rings. The van der Waals surface area contributed by atoms with Crippen LogP contribution in [0.1, 0.15) is 22.8 Å². The van der Waals surface area contributed by atoms with E-state index < -0.39 is 5.97 Å². The molecule has 21 heavy (non-hydrogen) atoms. The Morgan fingerprint density at radius 2 is 2.10 bits per heavy atom. The van der Waals surface area contributed by atoms with Crippen molar-refractivity contribution in [3.05, 3.63) is 35.4 Å². The van der Waals surface area contributed by atoms with Gasteiger partial charge in [0, 0.05) is 19.6 Å². The molecule has 1 unspecified atom stereocenters. The summed E-state index contributed by atoms with van der Waals surface area (Å²) in [6.07, 6.45) is 0. The molecule has 1 saturated heterocycles. The first-order valence-electron chi connectivity index (χ1n) is 7.00.